The molecule has 1 aliphatic heterocycles. The first-order valence-corrected chi connectivity index (χ1v) is 11.5. The van der Waals surface area contributed by atoms with Crippen molar-refractivity contribution < 1.29 is 9.21 Å². The van der Waals surface area contributed by atoms with Crippen molar-refractivity contribution in [3.63, 3.8) is 0 Å². The maximum atomic E-state index is 12.1. The molecular formula is C21H21Cl2N5O2S. The Morgan fingerprint density at radius 1 is 1.06 bits per heavy atom. The molecule has 0 atom stereocenters. The maximum Gasteiger partial charge on any atom is 0.230 e. The Bertz CT molecular complexity index is 1030. The zero-order chi connectivity index (χ0) is 21.6. The lowest BCUT2D eigenvalue weighted by molar-refractivity contribution is -0.118. The molecule has 31 heavy (non-hydrogen) atoms. The van der Waals surface area contributed by atoms with E-state index >= 15 is 0 Å². The highest BCUT2D eigenvalue weighted by Gasteiger charge is 2.21. The Labute approximate surface area is 194 Å². The van der Waals surface area contributed by atoms with Crippen LogP contribution in [-0.2, 0) is 11.3 Å². The molecule has 1 aromatic carbocycles. The monoisotopic (exact) mass is 477 g/mol. The van der Waals surface area contributed by atoms with Gasteiger partial charge in [0, 0.05) is 32.2 Å². The summed E-state index contributed by atoms with van der Waals surface area (Å²) in [6, 6.07) is 13.2. The van der Waals surface area contributed by atoms with E-state index in [0.717, 1.165) is 42.7 Å². The zero-order valence-electron chi connectivity index (χ0n) is 16.6. The van der Waals surface area contributed by atoms with Crippen molar-refractivity contribution in [1.29, 1.82) is 0 Å². The van der Waals surface area contributed by atoms with Crippen molar-refractivity contribution in [3.05, 3.63) is 64.7 Å². The molecule has 1 aliphatic rings. The van der Waals surface area contributed by atoms with E-state index in [-0.39, 0.29) is 11.7 Å². The molecule has 162 valence electrons. The molecular weight excluding hydrogens is 457 g/mol. The summed E-state index contributed by atoms with van der Waals surface area (Å²) in [7, 11) is 0. The third-order valence-corrected chi connectivity index (χ3v) is 6.19. The lowest BCUT2D eigenvalue weighted by Gasteiger charge is -2.37. The summed E-state index contributed by atoms with van der Waals surface area (Å²) in [5, 5.41) is 4.39. The minimum Gasteiger partial charge on any atom is -0.467 e. The number of furan rings is 1. The number of aromatic nitrogens is 2. The molecule has 7 nitrogen and oxygen atoms in total. The van der Waals surface area contributed by atoms with Gasteiger partial charge in [-0.2, -0.15) is 0 Å². The topological polar surface area (TPSA) is 74.5 Å². The van der Waals surface area contributed by atoms with E-state index in [1.807, 2.05) is 30.3 Å². The van der Waals surface area contributed by atoms with Crippen molar-refractivity contribution in [2.24, 2.45) is 0 Å². The molecule has 2 aromatic heterocycles. The van der Waals surface area contributed by atoms with Crippen molar-refractivity contribution in [3.8, 4) is 0 Å². The lowest BCUT2D eigenvalue weighted by atomic mass is 10.2. The summed E-state index contributed by atoms with van der Waals surface area (Å²) in [5.74, 6) is 1.54. The van der Waals surface area contributed by atoms with Crippen LogP contribution in [0.2, 0.25) is 10.2 Å². The number of halogens is 2. The van der Waals surface area contributed by atoms with Crippen LogP contribution < -0.4 is 15.1 Å². The van der Waals surface area contributed by atoms with Crippen LogP contribution in [0.5, 0.6) is 0 Å². The number of anilines is 2. The van der Waals surface area contributed by atoms with E-state index in [2.05, 4.69) is 25.1 Å². The number of nitrogens with zero attached hydrogens (tertiary/aromatic N) is 4. The quantitative estimate of drug-likeness (QED) is 0.311. The smallest absolute Gasteiger partial charge is 0.230 e. The van der Waals surface area contributed by atoms with Crippen molar-refractivity contribution in [2.75, 3.05) is 41.7 Å². The zero-order valence-corrected chi connectivity index (χ0v) is 19.0. The van der Waals surface area contributed by atoms with Crippen molar-refractivity contribution >= 4 is 52.4 Å². The van der Waals surface area contributed by atoms with Crippen LogP contribution in [0.1, 0.15) is 5.76 Å². The van der Waals surface area contributed by atoms with Gasteiger partial charge in [0.1, 0.15) is 16.7 Å². The van der Waals surface area contributed by atoms with E-state index < -0.39 is 0 Å². The third kappa shape index (κ3) is 5.84. The van der Waals surface area contributed by atoms with Gasteiger partial charge < -0.3 is 19.5 Å². The normalized spacial score (nSPS) is 14.0. The molecule has 0 radical (unpaired) electrons. The van der Waals surface area contributed by atoms with Crippen LogP contribution in [0.4, 0.5) is 11.5 Å². The highest BCUT2D eigenvalue weighted by molar-refractivity contribution is 7.99. The first-order valence-electron chi connectivity index (χ1n) is 9.79. The molecule has 1 fully saturated rings. The standard InChI is InChI=1S/C21H21Cl2N5O2S/c22-16-5-1-2-6-17(16)27-7-9-28(10-8-27)19-12-18(23)25-21(26-19)31-14-20(29)24-13-15-4-3-11-30-15/h1-6,11-12H,7-10,13-14H2,(H,24,29). The molecule has 0 saturated carbocycles. The number of thioether (sulfide) groups is 1. The number of rotatable bonds is 7. The van der Waals surface area contributed by atoms with E-state index in [9.17, 15) is 4.79 Å². The fourth-order valence-corrected chi connectivity index (χ4v) is 4.44. The highest BCUT2D eigenvalue weighted by atomic mass is 35.5. The third-order valence-electron chi connectivity index (χ3n) is 4.83. The predicted octanol–water partition coefficient (Wildman–Crippen LogP) is 4.11. The average Bonchev–Trinajstić information content (AvgIpc) is 3.30. The molecule has 0 spiro atoms. The minimum absolute atomic E-state index is 0.125. The van der Waals surface area contributed by atoms with Crippen LogP contribution in [0.25, 0.3) is 0 Å². The molecule has 0 unspecified atom stereocenters. The van der Waals surface area contributed by atoms with Gasteiger partial charge >= 0.3 is 0 Å². The summed E-state index contributed by atoms with van der Waals surface area (Å²) in [6.07, 6.45) is 1.58. The fraction of sp³-hybridized carbons (Fsp3) is 0.286. The Balaban J connectivity index is 1.32. The molecule has 0 bridgehead atoms. The maximum absolute atomic E-state index is 12.1. The van der Waals surface area contributed by atoms with Gasteiger partial charge in [-0.15, -0.1) is 0 Å². The van der Waals surface area contributed by atoms with Gasteiger partial charge in [-0.25, -0.2) is 9.97 Å². The Hall–Kier alpha value is -2.42. The Morgan fingerprint density at radius 2 is 1.84 bits per heavy atom. The number of piperazine rings is 1. The number of nitrogens with one attached hydrogen (secondary N) is 1. The van der Waals surface area contributed by atoms with Crippen molar-refractivity contribution in [1.82, 2.24) is 15.3 Å². The van der Waals surface area contributed by atoms with Gasteiger partial charge in [0.05, 0.1) is 29.3 Å². The van der Waals surface area contributed by atoms with Crippen LogP contribution >= 0.6 is 35.0 Å². The molecule has 3 aromatic rings. The molecule has 1 amide bonds. The van der Waals surface area contributed by atoms with Gasteiger partial charge in [0.2, 0.25) is 5.91 Å². The van der Waals surface area contributed by atoms with Crippen LogP contribution in [0.3, 0.4) is 0 Å². The van der Waals surface area contributed by atoms with Gasteiger partial charge in [0.15, 0.2) is 5.16 Å². The lowest BCUT2D eigenvalue weighted by Crippen LogP contribution is -2.47. The predicted molar refractivity (Wildman–Crippen MR) is 124 cm³/mol. The summed E-state index contributed by atoms with van der Waals surface area (Å²) in [5.41, 5.74) is 1.04. The second-order valence-electron chi connectivity index (χ2n) is 6.90. The van der Waals surface area contributed by atoms with Gasteiger partial charge in [0.25, 0.3) is 0 Å². The molecule has 3 heterocycles. The largest absolute Gasteiger partial charge is 0.467 e. The average molecular weight is 478 g/mol. The number of benzene rings is 1. The van der Waals surface area contributed by atoms with Gasteiger partial charge in [-0.05, 0) is 24.3 Å². The molecule has 4 rings (SSSR count). The van der Waals surface area contributed by atoms with Crippen LogP contribution in [0, 0.1) is 0 Å². The number of para-hydroxylation sites is 1. The number of hydrogen-bond donors (Lipinski definition) is 1. The number of amides is 1. The highest BCUT2D eigenvalue weighted by Crippen LogP contribution is 2.28. The number of hydrogen-bond acceptors (Lipinski definition) is 7. The van der Waals surface area contributed by atoms with Crippen LogP contribution in [0.15, 0.2) is 58.3 Å². The summed E-state index contributed by atoms with van der Waals surface area (Å²) < 4.78 is 5.21. The van der Waals surface area contributed by atoms with Gasteiger partial charge in [-0.1, -0.05) is 47.1 Å². The van der Waals surface area contributed by atoms with E-state index in [0.29, 0.717) is 22.6 Å². The van der Waals surface area contributed by atoms with E-state index in [1.165, 1.54) is 11.8 Å². The summed E-state index contributed by atoms with van der Waals surface area (Å²) in [4.78, 5) is 25.4. The molecule has 1 N–H and O–H groups in total. The number of carbonyl (C=O) groups is 1. The Morgan fingerprint density at radius 3 is 2.58 bits per heavy atom. The van der Waals surface area contributed by atoms with Crippen molar-refractivity contribution in [2.45, 2.75) is 11.7 Å². The van der Waals surface area contributed by atoms with Gasteiger partial charge in [-0.3, -0.25) is 4.79 Å². The molecule has 10 heteroatoms. The summed E-state index contributed by atoms with van der Waals surface area (Å²) >= 11 is 13.8. The van der Waals surface area contributed by atoms with Crippen LogP contribution in [-0.4, -0.2) is 47.8 Å². The second-order valence-corrected chi connectivity index (χ2v) is 8.64. The molecule has 0 aliphatic carbocycles. The van der Waals surface area contributed by atoms with E-state index in [1.54, 1.807) is 18.4 Å². The first kappa shape index (κ1) is 21.8. The minimum atomic E-state index is -0.125. The molecule has 1 saturated heterocycles. The fourth-order valence-electron chi connectivity index (χ4n) is 3.28. The Kier molecular flexibility index (Phi) is 7.21. The number of carbonyl (C=O) groups excluding carboxylic acids is 1. The SMILES string of the molecule is O=C(CSc1nc(Cl)cc(N2CCN(c3ccccc3Cl)CC2)n1)NCc1ccco1. The van der Waals surface area contributed by atoms with E-state index in [4.69, 9.17) is 27.6 Å². The first-order chi connectivity index (χ1) is 15.1. The second kappa shape index (κ2) is 10.3. The summed E-state index contributed by atoms with van der Waals surface area (Å²) in [6.45, 7) is 3.56.